The summed E-state index contributed by atoms with van der Waals surface area (Å²) in [4.78, 5) is 13.2. The second kappa shape index (κ2) is 9.83. The first kappa shape index (κ1) is 25.3. The number of rotatable bonds is 6. The maximum atomic E-state index is 13.2. The van der Waals surface area contributed by atoms with Crippen LogP contribution in [-0.2, 0) is 4.79 Å². The van der Waals surface area contributed by atoms with Gasteiger partial charge in [-0.05, 0) is 114 Å². The van der Waals surface area contributed by atoms with E-state index in [1.807, 2.05) is 0 Å². The maximum absolute atomic E-state index is 13.2. The van der Waals surface area contributed by atoms with Crippen molar-refractivity contribution >= 4 is 11.9 Å². The molecule has 0 aliphatic heterocycles. The van der Waals surface area contributed by atoms with E-state index >= 15 is 0 Å². The van der Waals surface area contributed by atoms with Gasteiger partial charge in [-0.15, -0.1) is 0 Å². The maximum Gasteiger partial charge on any atom is 0.159 e. The topological polar surface area (TPSA) is 17.1 Å². The van der Waals surface area contributed by atoms with Crippen LogP contribution in [0.1, 0.15) is 111 Å². The fraction of sp³-hybridized carbons (Fsp3) is 0.735. The quantitative estimate of drug-likeness (QED) is 0.375. The number of fused-ring (bicyclic) bond motifs is 5. The zero-order valence-electron chi connectivity index (χ0n) is 23.2. The van der Waals surface area contributed by atoms with Crippen molar-refractivity contribution in [1.82, 2.24) is 0 Å². The molecule has 8 atom stereocenters. The first-order chi connectivity index (χ1) is 16.7. The van der Waals surface area contributed by atoms with Crippen LogP contribution in [0.4, 0.5) is 0 Å². The third-order valence-electron chi connectivity index (χ3n) is 11.8. The minimum atomic E-state index is 0.305. The summed E-state index contributed by atoms with van der Waals surface area (Å²) in [5.74, 6) is 6.26. The Balaban J connectivity index is 1.34. The molecule has 0 bridgehead atoms. The summed E-state index contributed by atoms with van der Waals surface area (Å²) in [6.07, 6.45) is 16.6. The van der Waals surface area contributed by atoms with Gasteiger partial charge in [-0.3, -0.25) is 4.79 Å². The van der Waals surface area contributed by atoms with Gasteiger partial charge in [0.15, 0.2) is 5.78 Å². The highest BCUT2D eigenvalue weighted by Crippen LogP contribution is 2.68. The van der Waals surface area contributed by atoms with Gasteiger partial charge in [0.25, 0.3) is 0 Å². The van der Waals surface area contributed by atoms with E-state index in [0.29, 0.717) is 22.5 Å². The summed E-state index contributed by atoms with van der Waals surface area (Å²) < 4.78 is 0. The third-order valence-corrected chi connectivity index (χ3v) is 11.8. The molecule has 0 N–H and O–H groups in total. The standard InChI is InChI=1S/C34H50O/c1-23(2)10-9-11-24(3)29-16-17-30-28-15-14-27-21-32(35)26(20-25-12-7-6-8-13-25)22-34(27,5)31(28)18-19-33(29,30)4/h6-8,12-13,20,23-24,27-31H,9-11,14-19,21-22H2,1-5H3/b26-20-/t24-,27+,28+,29+,30-,31-,33+,34+/m1/s1. The van der Waals surface area contributed by atoms with E-state index in [0.717, 1.165) is 53.9 Å². The molecule has 0 saturated heterocycles. The zero-order valence-corrected chi connectivity index (χ0v) is 23.2. The van der Waals surface area contributed by atoms with Crippen LogP contribution in [0.5, 0.6) is 0 Å². The van der Waals surface area contributed by atoms with E-state index in [1.54, 1.807) is 0 Å². The van der Waals surface area contributed by atoms with E-state index in [9.17, 15) is 4.79 Å². The predicted octanol–water partition coefficient (Wildman–Crippen LogP) is 9.37. The molecule has 0 amide bonds. The molecule has 4 aliphatic rings. The number of ketones is 1. The van der Waals surface area contributed by atoms with E-state index < -0.39 is 0 Å². The number of carbonyl (C=O) groups is 1. The summed E-state index contributed by atoms with van der Waals surface area (Å²) in [6, 6.07) is 10.5. The highest BCUT2D eigenvalue weighted by molar-refractivity contribution is 6.00. The molecule has 1 heteroatoms. The number of benzene rings is 1. The predicted molar refractivity (Wildman–Crippen MR) is 148 cm³/mol. The van der Waals surface area contributed by atoms with Crippen molar-refractivity contribution in [2.45, 2.75) is 105 Å². The molecule has 0 aromatic heterocycles. The highest BCUT2D eigenvalue weighted by atomic mass is 16.1. The Labute approximate surface area is 215 Å². The largest absolute Gasteiger partial charge is 0.295 e. The first-order valence-electron chi connectivity index (χ1n) is 15.0. The molecule has 0 unspecified atom stereocenters. The molecule has 4 aliphatic carbocycles. The Morgan fingerprint density at radius 3 is 2.40 bits per heavy atom. The van der Waals surface area contributed by atoms with Crippen LogP contribution in [0.15, 0.2) is 35.9 Å². The fourth-order valence-electron chi connectivity index (χ4n) is 9.92. The number of Topliss-reactive ketones (excluding diaryl/α,β-unsaturated/α-hetero) is 1. The van der Waals surface area contributed by atoms with Crippen LogP contribution >= 0.6 is 0 Å². The van der Waals surface area contributed by atoms with Crippen molar-refractivity contribution in [3.05, 3.63) is 41.5 Å². The van der Waals surface area contributed by atoms with Crippen molar-refractivity contribution in [2.75, 3.05) is 0 Å². The average Bonchev–Trinajstić information content (AvgIpc) is 3.18. The van der Waals surface area contributed by atoms with Crippen LogP contribution in [0, 0.1) is 52.3 Å². The summed E-state index contributed by atoms with van der Waals surface area (Å²) >= 11 is 0. The molecule has 35 heavy (non-hydrogen) atoms. The number of carbonyl (C=O) groups excluding carboxylic acids is 1. The van der Waals surface area contributed by atoms with Gasteiger partial charge in [-0.1, -0.05) is 84.2 Å². The van der Waals surface area contributed by atoms with E-state index in [-0.39, 0.29) is 0 Å². The van der Waals surface area contributed by atoms with Crippen LogP contribution in [-0.4, -0.2) is 5.78 Å². The SMILES string of the molecule is CC(C)CCC[C@@H](C)[C@@H]1CC[C@@H]2[C@@H]3CC[C@H]4CC(=O)/C(=C\c5ccccc5)C[C@]4(C)[C@@H]3CC[C@]21C. The van der Waals surface area contributed by atoms with Crippen LogP contribution < -0.4 is 0 Å². The Hall–Kier alpha value is -1.37. The third kappa shape index (κ3) is 4.59. The van der Waals surface area contributed by atoms with Crippen LogP contribution in [0.2, 0.25) is 0 Å². The Bertz CT molecular complexity index is 927. The van der Waals surface area contributed by atoms with Gasteiger partial charge in [0, 0.05) is 6.42 Å². The number of hydrogen-bond acceptors (Lipinski definition) is 1. The Kier molecular flexibility index (Phi) is 7.10. The normalized spacial score (nSPS) is 40.9. The van der Waals surface area contributed by atoms with E-state index in [1.165, 1.54) is 63.4 Å². The second-order valence-corrected chi connectivity index (χ2v) is 14.1. The zero-order chi connectivity index (χ0) is 24.8. The van der Waals surface area contributed by atoms with Gasteiger partial charge in [0.1, 0.15) is 0 Å². The lowest BCUT2D eigenvalue weighted by atomic mass is 9.44. The molecule has 4 saturated carbocycles. The van der Waals surface area contributed by atoms with Crippen molar-refractivity contribution in [1.29, 1.82) is 0 Å². The van der Waals surface area contributed by atoms with Crippen molar-refractivity contribution in [2.24, 2.45) is 52.3 Å². The van der Waals surface area contributed by atoms with Gasteiger partial charge in [-0.2, -0.15) is 0 Å². The van der Waals surface area contributed by atoms with Gasteiger partial charge < -0.3 is 0 Å². The molecular formula is C34H50O. The van der Waals surface area contributed by atoms with Crippen LogP contribution in [0.25, 0.3) is 6.08 Å². The van der Waals surface area contributed by atoms with Crippen molar-refractivity contribution < 1.29 is 4.79 Å². The molecule has 0 spiro atoms. The lowest BCUT2D eigenvalue weighted by molar-refractivity contribution is -0.133. The average molecular weight is 475 g/mol. The minimum absolute atomic E-state index is 0.305. The Morgan fingerprint density at radius 1 is 0.914 bits per heavy atom. The molecule has 1 aromatic rings. The summed E-state index contributed by atoms with van der Waals surface area (Å²) in [5.41, 5.74) is 3.15. The summed E-state index contributed by atoms with van der Waals surface area (Å²) in [7, 11) is 0. The van der Waals surface area contributed by atoms with E-state index in [4.69, 9.17) is 0 Å². The number of hydrogen-bond donors (Lipinski definition) is 0. The highest BCUT2D eigenvalue weighted by Gasteiger charge is 2.61. The molecular weight excluding hydrogens is 424 g/mol. The second-order valence-electron chi connectivity index (χ2n) is 14.1. The minimum Gasteiger partial charge on any atom is -0.295 e. The lowest BCUT2D eigenvalue weighted by Gasteiger charge is -2.60. The monoisotopic (exact) mass is 474 g/mol. The fourth-order valence-corrected chi connectivity index (χ4v) is 9.92. The van der Waals surface area contributed by atoms with Gasteiger partial charge in [0.05, 0.1) is 0 Å². The molecule has 1 aromatic carbocycles. The molecule has 4 fully saturated rings. The first-order valence-corrected chi connectivity index (χ1v) is 15.0. The number of allylic oxidation sites excluding steroid dienone is 1. The smallest absolute Gasteiger partial charge is 0.159 e. The molecule has 5 rings (SSSR count). The Morgan fingerprint density at radius 2 is 1.66 bits per heavy atom. The van der Waals surface area contributed by atoms with Gasteiger partial charge in [0.2, 0.25) is 0 Å². The van der Waals surface area contributed by atoms with Gasteiger partial charge in [-0.25, -0.2) is 0 Å². The molecule has 192 valence electrons. The molecule has 0 radical (unpaired) electrons. The van der Waals surface area contributed by atoms with E-state index in [2.05, 4.69) is 71.0 Å². The lowest BCUT2D eigenvalue weighted by Crippen LogP contribution is -2.54. The van der Waals surface area contributed by atoms with Crippen LogP contribution in [0.3, 0.4) is 0 Å². The summed E-state index contributed by atoms with van der Waals surface area (Å²) in [5, 5.41) is 0. The molecule has 0 heterocycles. The summed E-state index contributed by atoms with van der Waals surface area (Å²) in [6.45, 7) is 12.6. The molecule has 1 nitrogen and oxygen atoms in total. The van der Waals surface area contributed by atoms with Crippen molar-refractivity contribution in [3.63, 3.8) is 0 Å². The van der Waals surface area contributed by atoms with Gasteiger partial charge >= 0.3 is 0 Å². The van der Waals surface area contributed by atoms with Crippen molar-refractivity contribution in [3.8, 4) is 0 Å².